The van der Waals surface area contributed by atoms with E-state index in [1.165, 1.54) is 17.5 Å². The number of amides is 1. The molecule has 2 atom stereocenters. The van der Waals surface area contributed by atoms with E-state index in [4.69, 9.17) is 0 Å². The maximum atomic E-state index is 12.4. The summed E-state index contributed by atoms with van der Waals surface area (Å²) in [4.78, 5) is 16.3. The highest BCUT2D eigenvalue weighted by atomic mass is 16.2. The minimum atomic E-state index is 0.114. The van der Waals surface area contributed by atoms with Crippen molar-refractivity contribution in [2.45, 2.75) is 32.4 Å². The van der Waals surface area contributed by atoms with E-state index in [1.807, 2.05) is 0 Å². The Kier molecular flexibility index (Phi) is 4.52. The summed E-state index contributed by atoms with van der Waals surface area (Å²) in [7, 11) is 0. The zero-order valence-electron chi connectivity index (χ0n) is 14.8. The van der Waals surface area contributed by atoms with Gasteiger partial charge in [-0.2, -0.15) is 5.10 Å². The molecule has 0 aliphatic heterocycles. The van der Waals surface area contributed by atoms with Crippen molar-refractivity contribution < 1.29 is 4.79 Å². The molecule has 26 heavy (non-hydrogen) atoms. The molecule has 5 nitrogen and oxygen atoms in total. The highest BCUT2D eigenvalue weighted by molar-refractivity contribution is 5.82. The lowest BCUT2D eigenvalue weighted by Crippen LogP contribution is -2.24. The van der Waals surface area contributed by atoms with Crippen molar-refractivity contribution in [3.05, 3.63) is 83.4 Å². The normalized spacial score (nSPS) is 18.5. The third-order valence-corrected chi connectivity index (χ3v) is 4.90. The quantitative estimate of drug-likeness (QED) is 0.746. The number of rotatable bonds is 6. The standard InChI is InChI=1S/C21H22N4O/c1-15-3-2-4-18(9-15)19-10-20(19)21(26)23-11-16-5-7-17(8-6-16)12-25-14-22-13-24-25/h2-9,13-14,19-20H,10-12H2,1H3,(H,23,26)/t19-,20+/m0/s1. The number of carbonyl (C=O) groups is 1. The molecule has 0 unspecified atom stereocenters. The van der Waals surface area contributed by atoms with Crippen molar-refractivity contribution in [1.82, 2.24) is 20.1 Å². The zero-order chi connectivity index (χ0) is 17.9. The topological polar surface area (TPSA) is 59.8 Å². The fourth-order valence-corrected chi connectivity index (χ4v) is 3.34. The van der Waals surface area contributed by atoms with Crippen molar-refractivity contribution >= 4 is 5.91 Å². The molecule has 2 aromatic carbocycles. The highest BCUT2D eigenvalue weighted by Gasteiger charge is 2.43. The molecule has 5 heteroatoms. The van der Waals surface area contributed by atoms with Crippen LogP contribution in [0.1, 0.15) is 34.6 Å². The van der Waals surface area contributed by atoms with E-state index in [-0.39, 0.29) is 11.8 Å². The minimum Gasteiger partial charge on any atom is -0.352 e. The van der Waals surface area contributed by atoms with Crippen LogP contribution >= 0.6 is 0 Å². The molecule has 1 saturated carbocycles. The zero-order valence-corrected chi connectivity index (χ0v) is 14.8. The van der Waals surface area contributed by atoms with Crippen LogP contribution < -0.4 is 5.32 Å². The van der Waals surface area contributed by atoms with Crippen LogP contribution in [0.15, 0.2) is 61.2 Å². The van der Waals surface area contributed by atoms with Gasteiger partial charge in [0.05, 0.1) is 6.54 Å². The summed E-state index contributed by atoms with van der Waals surface area (Å²) in [5, 5.41) is 7.18. The fraction of sp³-hybridized carbons (Fsp3) is 0.286. The molecule has 1 fully saturated rings. The van der Waals surface area contributed by atoms with Gasteiger partial charge in [-0.15, -0.1) is 0 Å². The second-order valence-corrected chi connectivity index (χ2v) is 6.99. The Hall–Kier alpha value is -2.95. The van der Waals surface area contributed by atoms with E-state index in [1.54, 1.807) is 11.0 Å². The van der Waals surface area contributed by atoms with E-state index in [0.29, 0.717) is 19.0 Å². The second-order valence-electron chi connectivity index (χ2n) is 6.99. The SMILES string of the molecule is Cc1cccc([C@@H]2C[C@H]2C(=O)NCc2ccc(Cn3cncn3)cc2)c1. The molecule has 1 N–H and O–H groups in total. The fourth-order valence-electron chi connectivity index (χ4n) is 3.34. The Bertz CT molecular complexity index is 887. The number of aryl methyl sites for hydroxylation is 1. The first-order chi connectivity index (χ1) is 12.7. The predicted octanol–water partition coefficient (Wildman–Crippen LogP) is 3.05. The van der Waals surface area contributed by atoms with Gasteiger partial charge in [-0.25, -0.2) is 9.67 Å². The molecule has 132 valence electrons. The van der Waals surface area contributed by atoms with Gasteiger partial charge in [0, 0.05) is 12.5 Å². The maximum Gasteiger partial charge on any atom is 0.224 e. The number of benzene rings is 2. The molecular formula is C21H22N4O. The summed E-state index contributed by atoms with van der Waals surface area (Å²) in [5.74, 6) is 0.645. The van der Waals surface area contributed by atoms with Crippen LogP contribution in [0, 0.1) is 12.8 Å². The Balaban J connectivity index is 1.28. The van der Waals surface area contributed by atoms with Gasteiger partial charge in [0.2, 0.25) is 5.91 Å². The van der Waals surface area contributed by atoms with Crippen molar-refractivity contribution in [3.8, 4) is 0 Å². The van der Waals surface area contributed by atoms with Gasteiger partial charge in [-0.1, -0.05) is 54.1 Å². The predicted molar refractivity (Wildman–Crippen MR) is 99.4 cm³/mol. The van der Waals surface area contributed by atoms with Gasteiger partial charge in [0.25, 0.3) is 0 Å². The van der Waals surface area contributed by atoms with Gasteiger partial charge >= 0.3 is 0 Å². The van der Waals surface area contributed by atoms with E-state index in [9.17, 15) is 4.79 Å². The molecular weight excluding hydrogens is 324 g/mol. The Morgan fingerprint density at radius 1 is 1.19 bits per heavy atom. The summed E-state index contributed by atoms with van der Waals surface area (Å²) in [6.07, 6.45) is 4.19. The van der Waals surface area contributed by atoms with Gasteiger partial charge in [0.15, 0.2) is 0 Å². The van der Waals surface area contributed by atoms with E-state index >= 15 is 0 Å². The molecule has 1 aliphatic carbocycles. The van der Waals surface area contributed by atoms with Crippen LogP contribution in [-0.2, 0) is 17.9 Å². The summed E-state index contributed by atoms with van der Waals surface area (Å²) in [5.41, 5.74) is 4.79. The number of hydrogen-bond acceptors (Lipinski definition) is 3. The van der Waals surface area contributed by atoms with E-state index < -0.39 is 0 Å². The molecule has 3 aromatic rings. The third-order valence-electron chi connectivity index (χ3n) is 4.90. The number of nitrogens with zero attached hydrogens (tertiary/aromatic N) is 3. The van der Waals surface area contributed by atoms with Crippen molar-refractivity contribution in [3.63, 3.8) is 0 Å². The molecule has 0 saturated heterocycles. The van der Waals surface area contributed by atoms with Crippen molar-refractivity contribution in [1.29, 1.82) is 0 Å². The van der Waals surface area contributed by atoms with E-state index in [2.05, 4.69) is 70.9 Å². The van der Waals surface area contributed by atoms with Crippen molar-refractivity contribution in [2.24, 2.45) is 5.92 Å². The maximum absolute atomic E-state index is 12.4. The molecule has 0 bridgehead atoms. The summed E-state index contributed by atoms with van der Waals surface area (Å²) >= 11 is 0. The number of nitrogens with one attached hydrogen (secondary N) is 1. The third kappa shape index (κ3) is 3.82. The number of carbonyl (C=O) groups excluding carboxylic acids is 1. The lowest BCUT2D eigenvalue weighted by Gasteiger charge is -2.07. The van der Waals surface area contributed by atoms with Gasteiger partial charge in [-0.3, -0.25) is 4.79 Å². The second kappa shape index (κ2) is 7.12. The van der Waals surface area contributed by atoms with Crippen LogP contribution in [0.5, 0.6) is 0 Å². The van der Waals surface area contributed by atoms with Crippen LogP contribution in [0.4, 0.5) is 0 Å². The molecule has 0 spiro atoms. The first kappa shape index (κ1) is 16.5. The Labute approximate surface area is 153 Å². The average Bonchev–Trinajstić information content (AvgIpc) is 3.30. The summed E-state index contributed by atoms with van der Waals surface area (Å²) < 4.78 is 1.79. The van der Waals surface area contributed by atoms with Crippen LogP contribution in [-0.4, -0.2) is 20.7 Å². The van der Waals surface area contributed by atoms with Crippen LogP contribution in [0.2, 0.25) is 0 Å². The number of aromatic nitrogens is 3. The van der Waals surface area contributed by atoms with Crippen molar-refractivity contribution in [2.75, 3.05) is 0 Å². The first-order valence-electron chi connectivity index (χ1n) is 8.93. The van der Waals surface area contributed by atoms with E-state index in [0.717, 1.165) is 17.5 Å². The Morgan fingerprint density at radius 3 is 2.73 bits per heavy atom. The molecule has 1 aliphatic rings. The molecule has 4 rings (SSSR count). The minimum absolute atomic E-state index is 0.114. The smallest absolute Gasteiger partial charge is 0.224 e. The van der Waals surface area contributed by atoms with Crippen LogP contribution in [0.25, 0.3) is 0 Å². The lowest BCUT2D eigenvalue weighted by atomic mass is 10.1. The van der Waals surface area contributed by atoms with Crippen LogP contribution in [0.3, 0.4) is 0 Å². The van der Waals surface area contributed by atoms with Gasteiger partial charge < -0.3 is 5.32 Å². The molecule has 1 amide bonds. The Morgan fingerprint density at radius 2 is 2.00 bits per heavy atom. The lowest BCUT2D eigenvalue weighted by molar-refractivity contribution is -0.122. The largest absolute Gasteiger partial charge is 0.352 e. The monoisotopic (exact) mass is 346 g/mol. The average molecular weight is 346 g/mol. The highest BCUT2D eigenvalue weighted by Crippen LogP contribution is 2.47. The summed E-state index contributed by atoms with van der Waals surface area (Å²) in [6, 6.07) is 16.7. The molecule has 0 radical (unpaired) electrons. The van der Waals surface area contributed by atoms with Gasteiger partial charge in [0.1, 0.15) is 12.7 Å². The molecule has 1 aromatic heterocycles. The van der Waals surface area contributed by atoms with Gasteiger partial charge in [-0.05, 0) is 36.0 Å². The molecule has 1 heterocycles. The first-order valence-corrected chi connectivity index (χ1v) is 8.93. The number of hydrogen-bond donors (Lipinski definition) is 1. The summed E-state index contributed by atoms with van der Waals surface area (Å²) in [6.45, 7) is 3.36.